The van der Waals surface area contributed by atoms with E-state index >= 15 is 0 Å². The summed E-state index contributed by atoms with van der Waals surface area (Å²) in [4.78, 5) is 0. The minimum atomic E-state index is 0.151. The van der Waals surface area contributed by atoms with Crippen molar-refractivity contribution in [1.29, 1.82) is 0 Å². The Morgan fingerprint density at radius 2 is 1.62 bits per heavy atom. The second-order valence-corrected chi connectivity index (χ2v) is 13.1. The lowest BCUT2D eigenvalue weighted by molar-refractivity contribution is 0.413. The van der Waals surface area contributed by atoms with E-state index in [0.717, 1.165) is 11.6 Å². The van der Waals surface area contributed by atoms with Gasteiger partial charge >= 0.3 is 0 Å². The van der Waals surface area contributed by atoms with Gasteiger partial charge in [0.1, 0.15) is 0 Å². The van der Waals surface area contributed by atoms with Gasteiger partial charge < -0.3 is 4.40 Å². The van der Waals surface area contributed by atoms with E-state index in [4.69, 9.17) is 6.58 Å². The molecule has 1 aliphatic carbocycles. The molecular formula is C38H39N. The Hall–Kier alpha value is -3.58. The maximum Gasteiger partial charge on any atom is 0.0625 e. The predicted molar refractivity (Wildman–Crippen MR) is 172 cm³/mol. The monoisotopic (exact) mass is 509 g/mol. The van der Waals surface area contributed by atoms with Crippen molar-refractivity contribution in [3.63, 3.8) is 0 Å². The molecule has 0 unspecified atom stereocenters. The molecule has 0 radical (unpaired) electrons. The van der Waals surface area contributed by atoms with Crippen LogP contribution < -0.4 is 5.22 Å². The Morgan fingerprint density at radius 1 is 0.872 bits per heavy atom. The van der Waals surface area contributed by atoms with E-state index in [0.29, 0.717) is 5.92 Å². The third-order valence-corrected chi connectivity index (χ3v) is 9.25. The highest BCUT2D eigenvalue weighted by Gasteiger charge is 2.25. The van der Waals surface area contributed by atoms with Crippen LogP contribution in [0.15, 0.2) is 60.7 Å². The van der Waals surface area contributed by atoms with Gasteiger partial charge in [0.2, 0.25) is 0 Å². The molecule has 2 aromatic heterocycles. The van der Waals surface area contributed by atoms with Crippen LogP contribution in [0.25, 0.3) is 61.5 Å². The summed E-state index contributed by atoms with van der Waals surface area (Å²) < 4.78 is 2.62. The fraction of sp³-hybridized carbons (Fsp3) is 0.316. The van der Waals surface area contributed by atoms with Gasteiger partial charge in [-0.15, -0.1) is 0 Å². The number of pyridine rings is 1. The summed E-state index contributed by atoms with van der Waals surface area (Å²) in [6.07, 6.45) is 10.8. The van der Waals surface area contributed by atoms with Gasteiger partial charge in [-0.1, -0.05) is 94.8 Å². The van der Waals surface area contributed by atoms with Gasteiger partial charge in [-0.25, -0.2) is 0 Å². The average molecular weight is 510 g/mol. The zero-order valence-electron chi connectivity index (χ0n) is 24.1. The lowest BCUT2D eigenvalue weighted by Crippen LogP contribution is -2.15. The summed E-state index contributed by atoms with van der Waals surface area (Å²) in [5, 5.41) is 9.23. The highest BCUT2D eigenvalue weighted by Crippen LogP contribution is 2.43. The fourth-order valence-corrected chi connectivity index (χ4v) is 7.64. The zero-order chi connectivity index (χ0) is 27.1. The Kier molecular flexibility index (Phi) is 5.47. The average Bonchev–Trinajstić information content (AvgIpc) is 3.56. The molecule has 39 heavy (non-hydrogen) atoms. The first-order chi connectivity index (χ1) is 18.8. The molecule has 196 valence electrons. The van der Waals surface area contributed by atoms with Gasteiger partial charge in [-0.2, -0.15) is 0 Å². The van der Waals surface area contributed by atoms with E-state index in [9.17, 15) is 0 Å². The van der Waals surface area contributed by atoms with Crippen LogP contribution in [-0.4, -0.2) is 4.40 Å². The van der Waals surface area contributed by atoms with Crippen LogP contribution in [0.1, 0.15) is 81.5 Å². The first kappa shape index (κ1) is 24.5. The van der Waals surface area contributed by atoms with E-state index < -0.39 is 0 Å². The second-order valence-electron chi connectivity index (χ2n) is 13.1. The maximum atomic E-state index is 4.83. The maximum absolute atomic E-state index is 4.83. The molecular weight excluding hydrogens is 470 g/mol. The van der Waals surface area contributed by atoms with Gasteiger partial charge in [0, 0.05) is 21.5 Å². The summed E-state index contributed by atoms with van der Waals surface area (Å²) in [5.41, 5.74) is 9.70. The fourth-order valence-electron chi connectivity index (χ4n) is 7.64. The van der Waals surface area contributed by atoms with Gasteiger partial charge in [-0.05, 0) is 94.8 Å². The van der Waals surface area contributed by atoms with E-state index in [-0.39, 0.29) is 5.41 Å². The minimum Gasteiger partial charge on any atom is -0.308 e. The van der Waals surface area contributed by atoms with Crippen LogP contribution in [-0.2, 0) is 6.42 Å². The van der Waals surface area contributed by atoms with Crippen molar-refractivity contribution < 1.29 is 0 Å². The first-order valence-electron chi connectivity index (χ1n) is 14.8. The molecule has 0 saturated heterocycles. The molecule has 1 heteroatoms. The number of allylic oxidation sites excluding steroid dienone is 1. The molecule has 1 saturated carbocycles. The molecule has 0 atom stereocenters. The number of benzene rings is 4. The number of fused-ring (bicyclic) bond motifs is 6. The summed E-state index contributed by atoms with van der Waals surface area (Å²) in [7, 11) is 0. The largest absolute Gasteiger partial charge is 0.308 e. The highest BCUT2D eigenvalue weighted by molar-refractivity contribution is 6.21. The molecule has 1 fully saturated rings. The minimum absolute atomic E-state index is 0.151. The van der Waals surface area contributed by atoms with Crippen molar-refractivity contribution >= 4 is 61.5 Å². The van der Waals surface area contributed by atoms with Crippen molar-refractivity contribution in [1.82, 2.24) is 4.40 Å². The van der Waals surface area contributed by atoms with E-state index in [1.54, 1.807) is 0 Å². The third-order valence-electron chi connectivity index (χ3n) is 9.25. The number of nitrogens with zero attached hydrogens (tertiary/aromatic N) is 1. The SMILES string of the molecule is C=c1c2c(C)c3ccccc3c(CC(C)(C)C)c2n2c3ccc(C4CCCC4)cc3c3ccc(/C=C\C)c1c32. The highest BCUT2D eigenvalue weighted by atomic mass is 14.9. The smallest absolute Gasteiger partial charge is 0.0625 e. The molecule has 0 bridgehead atoms. The van der Waals surface area contributed by atoms with Gasteiger partial charge in [-0.3, -0.25) is 0 Å². The van der Waals surface area contributed by atoms with Crippen LogP contribution in [0.3, 0.4) is 0 Å². The second kappa shape index (κ2) is 8.71. The van der Waals surface area contributed by atoms with Gasteiger partial charge in [0.25, 0.3) is 0 Å². The molecule has 0 amide bonds. The van der Waals surface area contributed by atoms with Crippen molar-refractivity contribution in [3.05, 3.63) is 88.1 Å². The molecule has 4 aromatic carbocycles. The normalized spacial score (nSPS) is 15.4. The Balaban J connectivity index is 1.78. The summed E-state index contributed by atoms with van der Waals surface area (Å²) in [6.45, 7) is 16.3. The van der Waals surface area contributed by atoms with Crippen LogP contribution in [0.4, 0.5) is 0 Å². The van der Waals surface area contributed by atoms with Crippen molar-refractivity contribution in [3.8, 4) is 0 Å². The Bertz CT molecular complexity index is 2000. The summed E-state index contributed by atoms with van der Waals surface area (Å²) in [6, 6.07) is 21.1. The topological polar surface area (TPSA) is 4.41 Å². The van der Waals surface area contributed by atoms with Crippen molar-refractivity contribution in [2.75, 3.05) is 0 Å². The van der Waals surface area contributed by atoms with Crippen molar-refractivity contribution in [2.24, 2.45) is 5.41 Å². The number of aryl methyl sites for hydroxylation is 1. The van der Waals surface area contributed by atoms with E-state index in [2.05, 4.69) is 106 Å². The molecule has 7 rings (SSSR count). The standard InChI is InChI=1S/C38H39N/c1-7-12-26-17-19-30-31-21-27(25-13-8-9-14-25)18-20-33(31)39-36(30)35(26)24(3)34-23(2)28-15-10-11-16-29(28)32(37(34)39)22-38(4,5)6/h7,10-12,15-21,25H,3,8-9,13-14,22H2,1-2,4-6H3/b12-7-. The molecule has 6 aromatic rings. The zero-order valence-corrected chi connectivity index (χ0v) is 24.1. The van der Waals surface area contributed by atoms with Crippen LogP contribution in [0, 0.1) is 12.3 Å². The Labute approximate surface area is 231 Å². The lowest BCUT2D eigenvalue weighted by Gasteiger charge is -2.24. The van der Waals surface area contributed by atoms with Gasteiger partial charge in [0.15, 0.2) is 0 Å². The third kappa shape index (κ3) is 3.59. The number of hydrogen-bond donors (Lipinski definition) is 0. The van der Waals surface area contributed by atoms with Crippen LogP contribution in [0.2, 0.25) is 0 Å². The number of rotatable bonds is 3. The molecule has 0 N–H and O–H groups in total. The van der Waals surface area contributed by atoms with E-state index in [1.807, 2.05) is 0 Å². The number of aromatic nitrogens is 1. The predicted octanol–water partition coefficient (Wildman–Crippen LogP) is 10.3. The lowest BCUT2D eigenvalue weighted by atomic mass is 9.83. The quantitative estimate of drug-likeness (QED) is 0.209. The van der Waals surface area contributed by atoms with E-state index in [1.165, 1.54) is 96.8 Å². The molecule has 0 spiro atoms. The summed E-state index contributed by atoms with van der Waals surface area (Å²) in [5.74, 6) is 0.699. The number of hydrogen-bond acceptors (Lipinski definition) is 0. The van der Waals surface area contributed by atoms with Gasteiger partial charge in [0.05, 0.1) is 16.6 Å². The molecule has 0 aliphatic heterocycles. The Morgan fingerprint density at radius 3 is 2.33 bits per heavy atom. The first-order valence-corrected chi connectivity index (χ1v) is 14.8. The molecule has 2 heterocycles. The van der Waals surface area contributed by atoms with Crippen LogP contribution in [0.5, 0.6) is 0 Å². The van der Waals surface area contributed by atoms with Crippen molar-refractivity contribution in [2.45, 2.75) is 72.6 Å². The molecule has 1 nitrogen and oxygen atoms in total. The molecule has 1 aliphatic rings. The summed E-state index contributed by atoms with van der Waals surface area (Å²) >= 11 is 0. The van der Waals surface area contributed by atoms with Crippen LogP contribution >= 0.6 is 0 Å².